The molecule has 0 aromatic heterocycles. The average molecular weight is 465 g/mol. The first-order chi connectivity index (χ1) is 16.0. The average Bonchev–Trinajstić information content (AvgIpc) is 3.30. The number of fused-ring (bicyclic) bond motifs is 3. The zero-order chi connectivity index (χ0) is 24.7. The molecule has 2 amide bonds. The van der Waals surface area contributed by atoms with Crippen molar-refractivity contribution in [3.8, 4) is 11.1 Å². The van der Waals surface area contributed by atoms with E-state index in [0.717, 1.165) is 22.3 Å². The van der Waals surface area contributed by atoms with E-state index >= 15 is 0 Å². The van der Waals surface area contributed by atoms with Gasteiger partial charge < -0.3 is 20.1 Å². The Morgan fingerprint density at radius 2 is 1.65 bits per heavy atom. The Morgan fingerprint density at radius 1 is 1.09 bits per heavy atom. The van der Waals surface area contributed by atoms with Crippen molar-refractivity contribution in [3.05, 3.63) is 59.7 Å². The number of aliphatic carboxylic acids is 1. The number of carbonyl (C=O) groups is 3. The Labute approximate surface area is 200 Å². The molecule has 1 saturated heterocycles. The number of likely N-dealkylation sites (tertiary alicyclic amines) is 1. The van der Waals surface area contributed by atoms with Gasteiger partial charge in [0.15, 0.2) is 0 Å². The Morgan fingerprint density at radius 3 is 2.18 bits per heavy atom. The molecule has 2 atom stereocenters. The number of hydrogen-bond acceptors (Lipinski definition) is 4. The van der Waals surface area contributed by atoms with Gasteiger partial charge in [-0.2, -0.15) is 0 Å². The van der Waals surface area contributed by atoms with E-state index in [0.29, 0.717) is 6.54 Å². The fourth-order valence-electron chi connectivity index (χ4n) is 5.03. The van der Waals surface area contributed by atoms with Crippen LogP contribution in [0.15, 0.2) is 48.5 Å². The zero-order valence-corrected chi connectivity index (χ0v) is 20.1. The lowest BCUT2D eigenvalue weighted by molar-refractivity contribution is -0.149. The lowest BCUT2D eigenvalue weighted by Gasteiger charge is -2.30. The Balaban J connectivity index is 1.35. The summed E-state index contributed by atoms with van der Waals surface area (Å²) in [5.74, 6) is -1.26. The van der Waals surface area contributed by atoms with Crippen molar-refractivity contribution in [2.45, 2.75) is 33.6 Å². The Hall–Kier alpha value is -3.35. The molecule has 2 N–H and O–H groups in total. The number of hydrogen-bond donors (Lipinski definition) is 2. The summed E-state index contributed by atoms with van der Waals surface area (Å²) in [4.78, 5) is 38.9. The number of carboxylic acid groups (broad SMARTS) is 1. The van der Waals surface area contributed by atoms with Crippen LogP contribution in [0.2, 0.25) is 0 Å². The van der Waals surface area contributed by atoms with Gasteiger partial charge in [0.25, 0.3) is 0 Å². The third kappa shape index (κ3) is 4.15. The van der Waals surface area contributed by atoms with Crippen LogP contribution in [0.5, 0.6) is 0 Å². The number of nitrogens with one attached hydrogen (secondary N) is 1. The zero-order valence-electron chi connectivity index (χ0n) is 20.1. The molecular weight excluding hydrogens is 432 g/mol. The van der Waals surface area contributed by atoms with Gasteiger partial charge in [-0.05, 0) is 48.9 Å². The standard InChI is InChI=1S/C27H32N2O5/c1-17-13-29(16-27(17,4)24(31)32)23(30)26(2,3)15-28-25(33)34-14-22-20-11-7-5-9-18(20)19-10-6-8-12-21(19)22/h5-12,17,22H,13-16H2,1-4H3,(H,28,33)(H,31,32). The van der Waals surface area contributed by atoms with E-state index in [9.17, 15) is 19.5 Å². The normalized spacial score (nSPS) is 21.6. The highest BCUT2D eigenvalue weighted by atomic mass is 16.5. The van der Waals surface area contributed by atoms with Gasteiger partial charge in [-0.3, -0.25) is 9.59 Å². The van der Waals surface area contributed by atoms with Crippen molar-refractivity contribution in [1.29, 1.82) is 0 Å². The molecular formula is C27H32N2O5. The molecule has 1 aliphatic heterocycles. The van der Waals surface area contributed by atoms with E-state index in [1.165, 1.54) is 0 Å². The second kappa shape index (κ2) is 8.78. The van der Waals surface area contributed by atoms with Gasteiger partial charge in [0, 0.05) is 25.6 Å². The molecule has 0 spiro atoms. The number of carboxylic acids is 1. The van der Waals surface area contributed by atoms with Gasteiger partial charge in [0.1, 0.15) is 6.61 Å². The molecule has 0 radical (unpaired) electrons. The van der Waals surface area contributed by atoms with Crippen molar-refractivity contribution in [3.63, 3.8) is 0 Å². The number of carbonyl (C=O) groups excluding carboxylic acids is 2. The third-order valence-corrected chi connectivity index (χ3v) is 7.47. The van der Waals surface area contributed by atoms with Crippen LogP contribution in [0.1, 0.15) is 44.7 Å². The number of amides is 2. The minimum Gasteiger partial charge on any atom is -0.481 e. The topological polar surface area (TPSA) is 95.9 Å². The molecule has 2 aromatic carbocycles. The predicted octanol–water partition coefficient (Wildman–Crippen LogP) is 4.12. The summed E-state index contributed by atoms with van der Waals surface area (Å²) in [5, 5.41) is 12.3. The summed E-state index contributed by atoms with van der Waals surface area (Å²) in [6.45, 7) is 7.87. The van der Waals surface area contributed by atoms with Crippen LogP contribution < -0.4 is 5.32 Å². The van der Waals surface area contributed by atoms with Gasteiger partial charge in [0.2, 0.25) is 5.91 Å². The van der Waals surface area contributed by atoms with E-state index in [1.54, 1.807) is 25.7 Å². The maximum atomic E-state index is 13.1. The highest BCUT2D eigenvalue weighted by molar-refractivity contribution is 5.85. The van der Waals surface area contributed by atoms with Crippen molar-refractivity contribution in [1.82, 2.24) is 10.2 Å². The van der Waals surface area contributed by atoms with Crippen LogP contribution in [0.25, 0.3) is 11.1 Å². The van der Waals surface area contributed by atoms with E-state index in [-0.39, 0.29) is 37.4 Å². The molecule has 7 heteroatoms. The van der Waals surface area contributed by atoms with Gasteiger partial charge in [0.05, 0.1) is 10.8 Å². The van der Waals surface area contributed by atoms with Gasteiger partial charge in [-0.25, -0.2) is 4.79 Å². The monoisotopic (exact) mass is 464 g/mol. The van der Waals surface area contributed by atoms with Crippen molar-refractivity contribution < 1.29 is 24.2 Å². The van der Waals surface area contributed by atoms with Crippen LogP contribution in [-0.4, -0.2) is 54.2 Å². The smallest absolute Gasteiger partial charge is 0.407 e. The predicted molar refractivity (Wildman–Crippen MR) is 128 cm³/mol. The second-order valence-corrected chi connectivity index (χ2v) is 10.4. The maximum Gasteiger partial charge on any atom is 0.407 e. The molecule has 2 aromatic rings. The van der Waals surface area contributed by atoms with Crippen LogP contribution in [0, 0.1) is 16.7 Å². The van der Waals surface area contributed by atoms with Gasteiger partial charge in [-0.15, -0.1) is 0 Å². The highest BCUT2D eigenvalue weighted by Crippen LogP contribution is 2.44. The molecule has 34 heavy (non-hydrogen) atoms. The molecule has 2 aliphatic rings. The number of nitrogens with zero attached hydrogens (tertiary/aromatic N) is 1. The summed E-state index contributed by atoms with van der Waals surface area (Å²) in [6, 6.07) is 16.3. The highest BCUT2D eigenvalue weighted by Gasteiger charge is 2.49. The summed E-state index contributed by atoms with van der Waals surface area (Å²) < 4.78 is 5.57. The fraction of sp³-hybridized carbons (Fsp3) is 0.444. The lowest BCUT2D eigenvalue weighted by atomic mass is 9.81. The molecule has 180 valence electrons. The first-order valence-corrected chi connectivity index (χ1v) is 11.7. The Bertz CT molecular complexity index is 1080. The number of alkyl carbamates (subject to hydrolysis) is 1. The summed E-state index contributed by atoms with van der Waals surface area (Å²) in [5.41, 5.74) is 2.73. The van der Waals surface area contributed by atoms with E-state index in [2.05, 4.69) is 29.6 Å². The number of rotatable bonds is 6. The Kier molecular flexibility index (Phi) is 6.14. The molecule has 7 nitrogen and oxygen atoms in total. The summed E-state index contributed by atoms with van der Waals surface area (Å²) >= 11 is 0. The summed E-state index contributed by atoms with van der Waals surface area (Å²) in [6.07, 6.45) is -0.576. The van der Waals surface area contributed by atoms with Crippen LogP contribution in [0.3, 0.4) is 0 Å². The first-order valence-electron chi connectivity index (χ1n) is 11.7. The van der Waals surface area contributed by atoms with Crippen molar-refractivity contribution in [2.75, 3.05) is 26.2 Å². The van der Waals surface area contributed by atoms with Gasteiger partial charge >= 0.3 is 12.1 Å². The minimum atomic E-state index is -0.966. The first kappa shape index (κ1) is 23.8. The molecule has 0 bridgehead atoms. The molecule has 1 fully saturated rings. The SMILES string of the molecule is CC1CN(C(=O)C(C)(C)CNC(=O)OCC2c3ccccc3-c3ccccc32)CC1(C)C(=O)O. The van der Waals surface area contributed by atoms with Crippen molar-refractivity contribution >= 4 is 18.0 Å². The fourth-order valence-corrected chi connectivity index (χ4v) is 5.03. The quantitative estimate of drug-likeness (QED) is 0.670. The summed E-state index contributed by atoms with van der Waals surface area (Å²) in [7, 11) is 0. The van der Waals surface area contributed by atoms with E-state index in [1.807, 2.05) is 31.2 Å². The third-order valence-electron chi connectivity index (χ3n) is 7.47. The molecule has 2 unspecified atom stereocenters. The molecule has 1 aliphatic carbocycles. The van der Waals surface area contributed by atoms with Crippen molar-refractivity contribution in [2.24, 2.45) is 16.7 Å². The van der Waals surface area contributed by atoms with E-state index in [4.69, 9.17) is 4.74 Å². The van der Waals surface area contributed by atoms with Crippen LogP contribution >= 0.6 is 0 Å². The minimum absolute atomic E-state index is 0.0347. The van der Waals surface area contributed by atoms with Crippen LogP contribution in [-0.2, 0) is 14.3 Å². The lowest BCUT2D eigenvalue weighted by Crippen LogP contribution is -2.47. The largest absolute Gasteiger partial charge is 0.481 e. The van der Waals surface area contributed by atoms with Crippen LogP contribution in [0.4, 0.5) is 4.79 Å². The van der Waals surface area contributed by atoms with E-state index < -0.39 is 22.9 Å². The second-order valence-electron chi connectivity index (χ2n) is 10.4. The number of benzene rings is 2. The molecule has 4 rings (SSSR count). The van der Waals surface area contributed by atoms with Gasteiger partial charge in [-0.1, -0.05) is 55.5 Å². The number of ether oxygens (including phenoxy) is 1. The molecule has 0 saturated carbocycles. The maximum absolute atomic E-state index is 13.1. The molecule has 1 heterocycles.